The minimum atomic E-state index is -0.413. The predicted octanol–water partition coefficient (Wildman–Crippen LogP) is 2.62. The van der Waals surface area contributed by atoms with E-state index in [1.165, 1.54) is 6.07 Å². The van der Waals surface area contributed by atoms with Crippen molar-refractivity contribution in [2.45, 2.75) is 26.4 Å². The normalized spacial score (nSPS) is 10.9. The van der Waals surface area contributed by atoms with E-state index in [4.69, 9.17) is 11.6 Å². The lowest BCUT2D eigenvalue weighted by Crippen LogP contribution is -2.15. The highest BCUT2D eigenvalue weighted by atomic mass is 35.5. The fraction of sp³-hybridized carbons (Fsp3) is 0.385. The zero-order valence-corrected chi connectivity index (χ0v) is 11.5. The molecule has 2 aromatic rings. The maximum atomic E-state index is 13.3. The molecule has 102 valence electrons. The molecule has 0 spiro atoms. The van der Waals surface area contributed by atoms with E-state index in [0.29, 0.717) is 18.7 Å². The van der Waals surface area contributed by atoms with Crippen LogP contribution in [0.4, 0.5) is 4.39 Å². The number of nitrogens with zero attached hydrogens (tertiary/aromatic N) is 3. The zero-order valence-electron chi connectivity index (χ0n) is 10.7. The summed E-state index contributed by atoms with van der Waals surface area (Å²) in [4.78, 5) is 4.19. The third kappa shape index (κ3) is 3.75. The summed E-state index contributed by atoms with van der Waals surface area (Å²) in [5.74, 6) is 0.310. The van der Waals surface area contributed by atoms with E-state index in [-0.39, 0.29) is 5.02 Å². The van der Waals surface area contributed by atoms with Crippen molar-refractivity contribution in [3.63, 3.8) is 0 Å². The quantitative estimate of drug-likeness (QED) is 0.828. The Hall–Kier alpha value is -1.46. The van der Waals surface area contributed by atoms with E-state index in [0.717, 1.165) is 18.8 Å². The number of nitrogens with one attached hydrogen (secondary N) is 1. The summed E-state index contributed by atoms with van der Waals surface area (Å²) in [6.45, 7) is 4.09. The molecule has 0 amide bonds. The molecule has 0 saturated heterocycles. The molecule has 0 saturated carbocycles. The second kappa shape index (κ2) is 6.63. The Morgan fingerprint density at radius 2 is 2.26 bits per heavy atom. The van der Waals surface area contributed by atoms with Gasteiger partial charge in [-0.25, -0.2) is 14.1 Å². The van der Waals surface area contributed by atoms with Crippen LogP contribution in [-0.2, 0) is 13.1 Å². The van der Waals surface area contributed by atoms with Gasteiger partial charge in [-0.05, 0) is 24.6 Å². The van der Waals surface area contributed by atoms with Gasteiger partial charge in [0.05, 0.1) is 18.1 Å². The van der Waals surface area contributed by atoms with Gasteiger partial charge >= 0.3 is 0 Å². The van der Waals surface area contributed by atoms with Crippen molar-refractivity contribution < 1.29 is 4.39 Å². The fourth-order valence-corrected chi connectivity index (χ4v) is 1.90. The van der Waals surface area contributed by atoms with E-state index in [1.807, 2.05) is 0 Å². The van der Waals surface area contributed by atoms with Gasteiger partial charge in [-0.2, -0.15) is 5.10 Å². The van der Waals surface area contributed by atoms with Crippen molar-refractivity contribution in [2.24, 2.45) is 0 Å². The Morgan fingerprint density at radius 1 is 1.42 bits per heavy atom. The molecule has 19 heavy (non-hydrogen) atoms. The summed E-state index contributed by atoms with van der Waals surface area (Å²) >= 11 is 5.90. The average Bonchev–Trinajstić information content (AvgIpc) is 2.83. The van der Waals surface area contributed by atoms with Gasteiger partial charge in [-0.15, -0.1) is 0 Å². The van der Waals surface area contributed by atoms with Crippen molar-refractivity contribution >= 4 is 11.6 Å². The van der Waals surface area contributed by atoms with Crippen LogP contribution < -0.4 is 5.32 Å². The highest BCUT2D eigenvalue weighted by molar-refractivity contribution is 6.31. The average molecular weight is 283 g/mol. The minimum Gasteiger partial charge on any atom is -0.310 e. The smallest absolute Gasteiger partial charge is 0.164 e. The van der Waals surface area contributed by atoms with Gasteiger partial charge in [0.25, 0.3) is 0 Å². The van der Waals surface area contributed by atoms with Gasteiger partial charge in [0, 0.05) is 0 Å². The van der Waals surface area contributed by atoms with Crippen LogP contribution in [0.5, 0.6) is 0 Å². The molecule has 0 aliphatic rings. The first kappa shape index (κ1) is 14.0. The van der Waals surface area contributed by atoms with E-state index < -0.39 is 5.82 Å². The number of benzene rings is 1. The molecule has 2 rings (SSSR count). The summed E-state index contributed by atoms with van der Waals surface area (Å²) in [6.07, 6.45) is 2.70. The molecule has 0 aliphatic heterocycles. The van der Waals surface area contributed by atoms with Crippen LogP contribution in [0.1, 0.15) is 24.7 Å². The lowest BCUT2D eigenvalue weighted by molar-refractivity contribution is 0.612. The first-order chi connectivity index (χ1) is 9.20. The Kier molecular flexibility index (Phi) is 4.87. The summed E-state index contributed by atoms with van der Waals surface area (Å²) in [6, 6.07) is 4.76. The van der Waals surface area contributed by atoms with E-state index >= 15 is 0 Å². The fourth-order valence-electron chi connectivity index (χ4n) is 1.71. The molecule has 0 bridgehead atoms. The minimum absolute atomic E-state index is 0.142. The zero-order chi connectivity index (χ0) is 13.7. The summed E-state index contributed by atoms with van der Waals surface area (Å²) in [5, 5.41) is 7.68. The van der Waals surface area contributed by atoms with Crippen molar-refractivity contribution in [2.75, 3.05) is 6.54 Å². The molecular formula is C13H16ClFN4. The third-order valence-electron chi connectivity index (χ3n) is 2.66. The lowest BCUT2D eigenvalue weighted by atomic mass is 10.2. The van der Waals surface area contributed by atoms with E-state index in [1.54, 1.807) is 23.1 Å². The van der Waals surface area contributed by atoms with E-state index in [9.17, 15) is 4.39 Å². The number of aromatic nitrogens is 3. The largest absolute Gasteiger partial charge is 0.310 e. The molecule has 1 heterocycles. The topological polar surface area (TPSA) is 42.7 Å². The molecule has 1 N–H and O–H groups in total. The summed E-state index contributed by atoms with van der Waals surface area (Å²) in [7, 11) is 0. The molecule has 0 unspecified atom stereocenters. The molecule has 0 fully saturated rings. The van der Waals surface area contributed by atoms with Gasteiger partial charge in [0.2, 0.25) is 0 Å². The maximum absolute atomic E-state index is 13.3. The Bertz CT molecular complexity index is 541. The van der Waals surface area contributed by atoms with E-state index in [2.05, 4.69) is 22.3 Å². The molecule has 0 radical (unpaired) electrons. The molecule has 6 heteroatoms. The van der Waals surface area contributed by atoms with Gasteiger partial charge in [-0.3, -0.25) is 0 Å². The monoisotopic (exact) mass is 282 g/mol. The van der Waals surface area contributed by atoms with Gasteiger partial charge in [0.15, 0.2) is 5.82 Å². The van der Waals surface area contributed by atoms with Crippen LogP contribution in [-0.4, -0.2) is 21.3 Å². The van der Waals surface area contributed by atoms with Crippen LogP contribution in [0.3, 0.4) is 0 Å². The van der Waals surface area contributed by atoms with Crippen molar-refractivity contribution in [3.05, 3.63) is 46.8 Å². The highest BCUT2D eigenvalue weighted by Crippen LogP contribution is 2.20. The Morgan fingerprint density at radius 3 is 3.05 bits per heavy atom. The van der Waals surface area contributed by atoms with Crippen molar-refractivity contribution in [1.82, 2.24) is 20.1 Å². The molecular weight excluding hydrogens is 267 g/mol. The SMILES string of the molecule is CCCNCc1ncn(Cc2cccc(F)c2Cl)n1. The molecule has 0 atom stereocenters. The standard InChI is InChI=1S/C13H16ClFN4/c1-2-6-16-7-12-17-9-19(18-12)8-10-4-3-5-11(15)13(10)14/h3-5,9,16H,2,6-8H2,1H3. The number of hydrogen-bond acceptors (Lipinski definition) is 3. The van der Waals surface area contributed by atoms with Crippen LogP contribution in [0.15, 0.2) is 24.5 Å². The number of rotatable bonds is 6. The van der Waals surface area contributed by atoms with Gasteiger partial charge in [0.1, 0.15) is 12.1 Å². The summed E-state index contributed by atoms with van der Waals surface area (Å²) in [5.41, 5.74) is 0.694. The van der Waals surface area contributed by atoms with Crippen LogP contribution >= 0.6 is 11.6 Å². The second-order valence-corrected chi connectivity index (χ2v) is 4.63. The predicted molar refractivity (Wildman–Crippen MR) is 72.5 cm³/mol. The first-order valence-electron chi connectivity index (χ1n) is 6.22. The second-order valence-electron chi connectivity index (χ2n) is 4.25. The molecule has 4 nitrogen and oxygen atoms in total. The van der Waals surface area contributed by atoms with Gasteiger partial charge < -0.3 is 5.32 Å². The van der Waals surface area contributed by atoms with Gasteiger partial charge in [-0.1, -0.05) is 30.7 Å². The van der Waals surface area contributed by atoms with Crippen LogP contribution in [0.2, 0.25) is 5.02 Å². The van der Waals surface area contributed by atoms with Crippen LogP contribution in [0, 0.1) is 5.82 Å². The number of hydrogen-bond donors (Lipinski definition) is 1. The Labute approximate surface area is 116 Å². The molecule has 1 aromatic carbocycles. The molecule has 0 aliphatic carbocycles. The van der Waals surface area contributed by atoms with Crippen molar-refractivity contribution in [1.29, 1.82) is 0 Å². The van der Waals surface area contributed by atoms with Crippen molar-refractivity contribution in [3.8, 4) is 0 Å². The lowest BCUT2D eigenvalue weighted by Gasteiger charge is -2.04. The molecule has 1 aromatic heterocycles. The van der Waals surface area contributed by atoms with Crippen LogP contribution in [0.25, 0.3) is 0 Å². The first-order valence-corrected chi connectivity index (χ1v) is 6.60. The Balaban J connectivity index is 2.01. The number of halogens is 2. The maximum Gasteiger partial charge on any atom is 0.164 e. The third-order valence-corrected chi connectivity index (χ3v) is 3.08. The summed E-state index contributed by atoms with van der Waals surface area (Å²) < 4.78 is 15.0. The highest BCUT2D eigenvalue weighted by Gasteiger charge is 2.07.